The summed E-state index contributed by atoms with van der Waals surface area (Å²) in [4.78, 5) is 34.5. The first-order valence-corrected chi connectivity index (χ1v) is 18.8. The minimum atomic E-state index is -4.38. The molecule has 1 unspecified atom stereocenters. The Balaban J connectivity index is 4.34. The minimum Gasteiger partial charge on any atom is -0.462 e. The number of phosphoric acid groups is 1. The third kappa shape index (κ3) is 31.7. The molecule has 0 saturated heterocycles. The van der Waals surface area contributed by atoms with E-state index < -0.39 is 32.5 Å². The Labute approximate surface area is 279 Å². The Morgan fingerprint density at radius 2 is 1.20 bits per heavy atom. The van der Waals surface area contributed by atoms with E-state index in [1.54, 1.807) is 0 Å². The van der Waals surface area contributed by atoms with Gasteiger partial charge in [0.25, 0.3) is 0 Å². The number of carbonyl (C=O) groups is 2. The van der Waals surface area contributed by atoms with Gasteiger partial charge in [-0.15, -0.1) is 0 Å². The van der Waals surface area contributed by atoms with Crippen molar-refractivity contribution in [2.75, 3.05) is 26.4 Å². The summed E-state index contributed by atoms with van der Waals surface area (Å²) in [5, 5.41) is 0. The zero-order valence-corrected chi connectivity index (χ0v) is 29.4. The molecule has 0 amide bonds. The van der Waals surface area contributed by atoms with Gasteiger partial charge in [0.15, 0.2) is 6.10 Å². The molecule has 0 spiro atoms. The summed E-state index contributed by atoms with van der Waals surface area (Å²) >= 11 is 0. The van der Waals surface area contributed by atoms with Crippen LogP contribution in [0.15, 0.2) is 60.8 Å². The number of unbranched alkanes of at least 4 members (excludes halogenated alkanes) is 8. The molecule has 46 heavy (non-hydrogen) atoms. The minimum absolute atomic E-state index is 0.0438. The molecular weight excluding hydrogens is 605 g/mol. The Hall–Kier alpha value is -2.29. The van der Waals surface area contributed by atoms with Gasteiger partial charge >= 0.3 is 19.8 Å². The first-order chi connectivity index (χ1) is 22.3. The van der Waals surface area contributed by atoms with Gasteiger partial charge in [-0.3, -0.25) is 18.6 Å². The van der Waals surface area contributed by atoms with E-state index in [2.05, 4.69) is 68.5 Å². The molecule has 0 aromatic carbocycles. The van der Waals surface area contributed by atoms with E-state index >= 15 is 0 Å². The van der Waals surface area contributed by atoms with Gasteiger partial charge in [0.1, 0.15) is 6.61 Å². The maximum atomic E-state index is 12.4. The highest BCUT2D eigenvalue weighted by Crippen LogP contribution is 2.43. The summed E-state index contributed by atoms with van der Waals surface area (Å²) in [6.45, 7) is 3.47. The van der Waals surface area contributed by atoms with Crippen LogP contribution in [0.5, 0.6) is 0 Å². The van der Waals surface area contributed by atoms with Crippen LogP contribution in [-0.2, 0) is 32.7 Å². The zero-order chi connectivity index (χ0) is 34.0. The van der Waals surface area contributed by atoms with Crippen molar-refractivity contribution in [2.24, 2.45) is 5.73 Å². The Morgan fingerprint density at radius 3 is 1.76 bits per heavy atom. The van der Waals surface area contributed by atoms with E-state index in [0.29, 0.717) is 12.8 Å². The van der Waals surface area contributed by atoms with Crippen molar-refractivity contribution in [1.29, 1.82) is 0 Å². The molecule has 9 nitrogen and oxygen atoms in total. The molecule has 0 aliphatic carbocycles. The summed E-state index contributed by atoms with van der Waals surface area (Å²) in [5.74, 6) is -0.910. The first kappa shape index (κ1) is 43.7. The SMILES string of the molecule is CC/C=C/C/C=C/C/C=C/C/C=C/C/C=C/CCCC(=O)OC[C@@H](COP(=O)(O)OCCN)OC(=O)CCCCCCCCCC. The number of carbonyl (C=O) groups excluding carboxylic acids is 2. The number of phosphoric ester groups is 1. The number of esters is 2. The highest BCUT2D eigenvalue weighted by Gasteiger charge is 2.25. The van der Waals surface area contributed by atoms with Crippen molar-refractivity contribution in [1.82, 2.24) is 0 Å². The number of hydrogen-bond acceptors (Lipinski definition) is 8. The Kier molecular flexibility index (Phi) is 31.0. The fourth-order valence-corrected chi connectivity index (χ4v) is 4.90. The number of ether oxygens (including phenoxy) is 2. The number of rotatable bonds is 31. The Bertz CT molecular complexity index is 944. The molecule has 0 fully saturated rings. The fourth-order valence-electron chi connectivity index (χ4n) is 4.14. The van der Waals surface area contributed by atoms with Crippen LogP contribution in [0.3, 0.4) is 0 Å². The molecule has 10 heteroatoms. The number of allylic oxidation sites excluding steroid dienone is 10. The van der Waals surface area contributed by atoms with Crippen molar-refractivity contribution < 1.29 is 37.6 Å². The van der Waals surface area contributed by atoms with Gasteiger partial charge in [0.2, 0.25) is 0 Å². The van der Waals surface area contributed by atoms with Crippen LogP contribution < -0.4 is 5.73 Å². The molecule has 2 atom stereocenters. The topological polar surface area (TPSA) is 134 Å². The monoisotopic (exact) mass is 667 g/mol. The zero-order valence-electron chi connectivity index (χ0n) is 28.5. The molecule has 0 aliphatic heterocycles. The normalized spacial score (nSPS) is 14.3. The lowest BCUT2D eigenvalue weighted by molar-refractivity contribution is -0.161. The average molecular weight is 668 g/mol. The van der Waals surface area contributed by atoms with Crippen LogP contribution in [0.4, 0.5) is 0 Å². The summed E-state index contributed by atoms with van der Waals surface area (Å²) in [7, 11) is -4.38. The lowest BCUT2D eigenvalue weighted by Gasteiger charge is -2.19. The lowest BCUT2D eigenvalue weighted by Crippen LogP contribution is -2.29. The molecule has 0 heterocycles. The van der Waals surface area contributed by atoms with E-state index in [1.165, 1.54) is 25.7 Å². The number of hydrogen-bond donors (Lipinski definition) is 2. The molecule has 0 radical (unpaired) electrons. The lowest BCUT2D eigenvalue weighted by atomic mass is 10.1. The van der Waals surface area contributed by atoms with E-state index in [1.807, 2.05) is 6.08 Å². The second-order valence-electron chi connectivity index (χ2n) is 11.0. The molecule has 0 aromatic rings. The van der Waals surface area contributed by atoms with Gasteiger partial charge in [-0.25, -0.2) is 4.57 Å². The number of nitrogens with two attached hydrogens (primary N) is 1. The van der Waals surface area contributed by atoms with Crippen LogP contribution in [0.25, 0.3) is 0 Å². The van der Waals surface area contributed by atoms with E-state index in [0.717, 1.165) is 57.8 Å². The van der Waals surface area contributed by atoms with E-state index in [9.17, 15) is 19.0 Å². The fraction of sp³-hybridized carbons (Fsp3) is 0.667. The predicted octanol–water partition coefficient (Wildman–Crippen LogP) is 8.99. The van der Waals surface area contributed by atoms with Crippen molar-refractivity contribution in [3.05, 3.63) is 60.8 Å². The maximum Gasteiger partial charge on any atom is 0.472 e. The van der Waals surface area contributed by atoms with E-state index in [4.69, 9.17) is 24.3 Å². The largest absolute Gasteiger partial charge is 0.472 e. The molecule has 3 N–H and O–H groups in total. The van der Waals surface area contributed by atoms with Crippen LogP contribution >= 0.6 is 7.82 Å². The van der Waals surface area contributed by atoms with Gasteiger partial charge in [-0.1, -0.05) is 120 Å². The summed E-state index contributed by atoms with van der Waals surface area (Å²) in [5.41, 5.74) is 5.31. The van der Waals surface area contributed by atoms with Gasteiger partial charge in [-0.2, -0.15) is 0 Å². The van der Waals surface area contributed by atoms with Crippen LogP contribution in [0.1, 0.15) is 123 Å². The Morgan fingerprint density at radius 1 is 0.674 bits per heavy atom. The molecule has 0 bridgehead atoms. The van der Waals surface area contributed by atoms with Crippen LogP contribution in [0.2, 0.25) is 0 Å². The summed E-state index contributed by atoms with van der Waals surface area (Å²) in [6, 6.07) is 0. The molecule has 0 rings (SSSR count). The third-order valence-electron chi connectivity index (χ3n) is 6.67. The summed E-state index contributed by atoms with van der Waals surface area (Å²) < 4.78 is 32.4. The maximum absolute atomic E-state index is 12.4. The van der Waals surface area contributed by atoms with Crippen LogP contribution in [-0.4, -0.2) is 49.3 Å². The first-order valence-electron chi connectivity index (χ1n) is 17.3. The molecule has 0 aliphatic rings. The van der Waals surface area contributed by atoms with E-state index in [-0.39, 0.29) is 32.6 Å². The van der Waals surface area contributed by atoms with Gasteiger partial charge in [0.05, 0.1) is 13.2 Å². The standard InChI is InChI=1S/C36H62NO8P/c1-3-5-7-9-11-13-14-15-16-17-18-19-20-21-23-24-26-28-35(38)42-32-34(33-44-46(40,41)43-31-30-37)45-36(39)29-27-25-22-12-10-8-6-4-2/h5,7,11,13,15-16,18-19,21,23,34H,3-4,6,8-10,12,14,17,20,22,24-33,37H2,1-2H3,(H,40,41)/b7-5+,13-11+,16-15+,19-18+,23-21+/t34-/m0/s1. The highest BCUT2D eigenvalue weighted by molar-refractivity contribution is 7.47. The van der Waals surface area contributed by atoms with Crippen molar-refractivity contribution in [2.45, 2.75) is 129 Å². The molecule has 0 aromatic heterocycles. The van der Waals surface area contributed by atoms with Crippen molar-refractivity contribution in [3.63, 3.8) is 0 Å². The quantitative estimate of drug-likeness (QED) is 0.0321. The molecular formula is C36H62NO8P. The smallest absolute Gasteiger partial charge is 0.462 e. The van der Waals surface area contributed by atoms with Gasteiger partial charge in [-0.05, 0) is 51.4 Å². The second-order valence-corrected chi connectivity index (χ2v) is 12.5. The average Bonchev–Trinajstić information content (AvgIpc) is 3.04. The molecule has 264 valence electrons. The highest BCUT2D eigenvalue weighted by atomic mass is 31.2. The van der Waals surface area contributed by atoms with Gasteiger partial charge < -0.3 is 20.1 Å². The van der Waals surface area contributed by atoms with Gasteiger partial charge in [0, 0.05) is 19.4 Å². The van der Waals surface area contributed by atoms with Crippen molar-refractivity contribution in [3.8, 4) is 0 Å². The predicted molar refractivity (Wildman–Crippen MR) is 187 cm³/mol. The van der Waals surface area contributed by atoms with Crippen LogP contribution in [0, 0.1) is 0 Å². The second kappa shape index (κ2) is 32.6. The summed E-state index contributed by atoms with van der Waals surface area (Å²) in [6.07, 6.45) is 35.6. The van der Waals surface area contributed by atoms with Crippen molar-refractivity contribution >= 4 is 19.8 Å². The third-order valence-corrected chi connectivity index (χ3v) is 7.65. The molecule has 0 saturated carbocycles.